The summed E-state index contributed by atoms with van der Waals surface area (Å²) in [7, 11) is 4.65. The summed E-state index contributed by atoms with van der Waals surface area (Å²) in [6.45, 7) is 3.98. The lowest BCUT2D eigenvalue weighted by atomic mass is 9.99. The second-order valence-corrected chi connectivity index (χ2v) is 7.89. The molecule has 0 atom stereocenters. The topological polar surface area (TPSA) is 77.1 Å². The van der Waals surface area contributed by atoms with Crippen molar-refractivity contribution in [2.45, 2.75) is 13.8 Å². The quantitative estimate of drug-likeness (QED) is 0.516. The van der Waals surface area contributed by atoms with Gasteiger partial charge in [0, 0.05) is 11.8 Å². The number of carbonyl (C=O) groups excluding carboxylic acids is 2. The summed E-state index contributed by atoms with van der Waals surface area (Å²) in [5.74, 6) is 0.850. The molecular formula is C27H26N2O5. The molecule has 2 amide bonds. The molecule has 3 aromatic carbocycles. The molecule has 34 heavy (non-hydrogen) atoms. The Bertz CT molecular complexity index is 1290. The minimum Gasteiger partial charge on any atom is -0.497 e. The molecule has 0 aliphatic carbocycles. The van der Waals surface area contributed by atoms with E-state index in [1.165, 1.54) is 12.0 Å². The average molecular weight is 459 g/mol. The van der Waals surface area contributed by atoms with Crippen LogP contribution in [0, 0.1) is 13.8 Å². The first-order valence-electron chi connectivity index (χ1n) is 10.7. The van der Waals surface area contributed by atoms with Gasteiger partial charge in [-0.2, -0.15) is 0 Å². The lowest BCUT2D eigenvalue weighted by Crippen LogP contribution is -2.32. The predicted molar refractivity (Wildman–Crippen MR) is 131 cm³/mol. The highest BCUT2D eigenvalue weighted by atomic mass is 16.5. The number of anilines is 2. The number of hydrogen-bond donors (Lipinski definition) is 1. The number of amides is 2. The fourth-order valence-electron chi connectivity index (χ4n) is 3.83. The normalized spacial score (nSPS) is 13.4. The van der Waals surface area contributed by atoms with Crippen LogP contribution >= 0.6 is 0 Å². The van der Waals surface area contributed by atoms with Crippen LogP contribution in [0.5, 0.6) is 17.2 Å². The maximum atomic E-state index is 13.6. The zero-order valence-corrected chi connectivity index (χ0v) is 19.8. The third-order valence-electron chi connectivity index (χ3n) is 5.86. The summed E-state index contributed by atoms with van der Waals surface area (Å²) >= 11 is 0. The van der Waals surface area contributed by atoms with Gasteiger partial charge in [-0.15, -0.1) is 0 Å². The molecule has 0 bridgehead atoms. The Balaban J connectivity index is 1.81. The molecule has 0 aromatic heterocycles. The van der Waals surface area contributed by atoms with Crippen molar-refractivity contribution in [3.8, 4) is 17.2 Å². The van der Waals surface area contributed by atoms with Crippen LogP contribution in [0.2, 0.25) is 0 Å². The molecule has 4 rings (SSSR count). The van der Waals surface area contributed by atoms with Crippen LogP contribution in [0.15, 0.2) is 66.4 Å². The number of rotatable bonds is 7. The van der Waals surface area contributed by atoms with Crippen molar-refractivity contribution < 1.29 is 23.8 Å². The van der Waals surface area contributed by atoms with E-state index in [4.69, 9.17) is 14.2 Å². The maximum absolute atomic E-state index is 13.6. The second kappa shape index (κ2) is 9.31. The van der Waals surface area contributed by atoms with E-state index in [1.54, 1.807) is 56.7 Å². The van der Waals surface area contributed by atoms with Gasteiger partial charge in [-0.1, -0.05) is 18.2 Å². The molecule has 7 nitrogen and oxygen atoms in total. The molecule has 0 unspecified atom stereocenters. The summed E-state index contributed by atoms with van der Waals surface area (Å²) in [5, 5.41) is 3.16. The highest BCUT2D eigenvalue weighted by Gasteiger charge is 2.40. The van der Waals surface area contributed by atoms with Crippen LogP contribution in [0.4, 0.5) is 11.4 Å². The van der Waals surface area contributed by atoms with Crippen molar-refractivity contribution >= 4 is 28.8 Å². The summed E-state index contributed by atoms with van der Waals surface area (Å²) in [6.07, 6.45) is 0. The molecule has 0 saturated heterocycles. The molecule has 0 saturated carbocycles. The Kier molecular flexibility index (Phi) is 6.27. The molecule has 0 radical (unpaired) electrons. The lowest BCUT2D eigenvalue weighted by Gasteiger charge is -2.16. The van der Waals surface area contributed by atoms with E-state index < -0.39 is 11.8 Å². The van der Waals surface area contributed by atoms with Crippen LogP contribution in [-0.2, 0) is 9.59 Å². The standard InChI is InChI=1S/C27H26N2O5/c1-16-6-7-18(14-17(16)2)24-25(28-19-8-13-22(33-4)23(15-19)34-5)27(31)29(26(24)30)20-9-11-21(32-3)12-10-20/h6-15,28H,1-5H3. The minimum absolute atomic E-state index is 0.191. The van der Waals surface area contributed by atoms with Gasteiger partial charge in [0.15, 0.2) is 11.5 Å². The van der Waals surface area contributed by atoms with Crippen LogP contribution in [0.1, 0.15) is 16.7 Å². The van der Waals surface area contributed by atoms with E-state index in [2.05, 4.69) is 5.32 Å². The molecule has 0 fully saturated rings. The SMILES string of the molecule is COc1ccc(N2C(=O)C(Nc3ccc(OC)c(OC)c3)=C(c3ccc(C)c(C)c3)C2=O)cc1. The Hall–Kier alpha value is -4.26. The average Bonchev–Trinajstić information content (AvgIpc) is 3.09. The lowest BCUT2D eigenvalue weighted by molar-refractivity contribution is -0.120. The number of methoxy groups -OCH3 is 3. The number of hydrogen-bond acceptors (Lipinski definition) is 6. The number of carbonyl (C=O) groups is 2. The zero-order valence-electron chi connectivity index (χ0n) is 19.8. The summed E-state index contributed by atoms with van der Waals surface area (Å²) in [4.78, 5) is 28.4. The largest absolute Gasteiger partial charge is 0.497 e. The molecule has 3 aromatic rings. The second-order valence-electron chi connectivity index (χ2n) is 7.89. The Morgan fingerprint density at radius 1 is 0.706 bits per heavy atom. The summed E-state index contributed by atoms with van der Waals surface area (Å²) in [6, 6.07) is 17.7. The molecule has 174 valence electrons. The summed E-state index contributed by atoms with van der Waals surface area (Å²) in [5.41, 5.74) is 4.34. The molecule has 0 spiro atoms. The van der Waals surface area contributed by atoms with Crippen LogP contribution in [-0.4, -0.2) is 33.1 Å². The van der Waals surface area contributed by atoms with Gasteiger partial charge >= 0.3 is 0 Å². The van der Waals surface area contributed by atoms with Crippen molar-refractivity contribution in [1.29, 1.82) is 0 Å². The Labute approximate surface area is 198 Å². The van der Waals surface area contributed by atoms with Gasteiger partial charge in [-0.25, -0.2) is 4.90 Å². The van der Waals surface area contributed by atoms with Crippen molar-refractivity contribution in [1.82, 2.24) is 0 Å². The van der Waals surface area contributed by atoms with Gasteiger partial charge in [-0.3, -0.25) is 9.59 Å². The van der Waals surface area contributed by atoms with E-state index in [-0.39, 0.29) is 5.70 Å². The van der Waals surface area contributed by atoms with Gasteiger partial charge in [0.05, 0.1) is 32.6 Å². The van der Waals surface area contributed by atoms with Gasteiger partial charge in [0.2, 0.25) is 0 Å². The van der Waals surface area contributed by atoms with Crippen molar-refractivity contribution in [3.05, 3.63) is 83.1 Å². The molecule has 1 heterocycles. The van der Waals surface area contributed by atoms with E-state index >= 15 is 0 Å². The van der Waals surface area contributed by atoms with E-state index in [0.29, 0.717) is 39.8 Å². The molecular weight excluding hydrogens is 432 g/mol. The van der Waals surface area contributed by atoms with E-state index in [9.17, 15) is 9.59 Å². The number of nitrogens with zero attached hydrogens (tertiary/aromatic N) is 1. The number of benzene rings is 3. The monoisotopic (exact) mass is 458 g/mol. The minimum atomic E-state index is -0.446. The zero-order chi connectivity index (χ0) is 24.4. The first-order valence-corrected chi connectivity index (χ1v) is 10.7. The number of nitrogens with one attached hydrogen (secondary N) is 1. The fraction of sp³-hybridized carbons (Fsp3) is 0.185. The third kappa shape index (κ3) is 4.08. The molecule has 1 aliphatic rings. The number of ether oxygens (including phenoxy) is 3. The van der Waals surface area contributed by atoms with E-state index in [0.717, 1.165) is 11.1 Å². The maximum Gasteiger partial charge on any atom is 0.282 e. The molecule has 7 heteroatoms. The van der Waals surface area contributed by atoms with Gasteiger partial charge in [0.1, 0.15) is 11.4 Å². The number of imide groups is 1. The molecule has 1 aliphatic heterocycles. The first-order chi connectivity index (χ1) is 16.4. The van der Waals surface area contributed by atoms with Gasteiger partial charge in [0.25, 0.3) is 11.8 Å². The summed E-state index contributed by atoms with van der Waals surface area (Å²) < 4.78 is 15.9. The Morgan fingerprint density at radius 3 is 2.03 bits per heavy atom. The third-order valence-corrected chi connectivity index (χ3v) is 5.86. The van der Waals surface area contributed by atoms with Gasteiger partial charge < -0.3 is 19.5 Å². The highest BCUT2D eigenvalue weighted by Crippen LogP contribution is 2.36. The van der Waals surface area contributed by atoms with Crippen molar-refractivity contribution in [2.75, 3.05) is 31.5 Å². The predicted octanol–water partition coefficient (Wildman–Crippen LogP) is 4.73. The van der Waals surface area contributed by atoms with Crippen LogP contribution in [0.25, 0.3) is 5.57 Å². The van der Waals surface area contributed by atoms with Crippen molar-refractivity contribution in [2.24, 2.45) is 0 Å². The molecule has 1 N–H and O–H groups in total. The van der Waals surface area contributed by atoms with Crippen LogP contribution in [0.3, 0.4) is 0 Å². The van der Waals surface area contributed by atoms with Crippen molar-refractivity contribution in [3.63, 3.8) is 0 Å². The Morgan fingerprint density at radius 2 is 1.41 bits per heavy atom. The highest BCUT2D eigenvalue weighted by molar-refractivity contribution is 6.46. The number of aryl methyl sites for hydroxylation is 2. The van der Waals surface area contributed by atoms with E-state index in [1.807, 2.05) is 32.0 Å². The van der Waals surface area contributed by atoms with Crippen LogP contribution < -0.4 is 24.4 Å². The first kappa shape index (κ1) is 22.9. The van der Waals surface area contributed by atoms with Gasteiger partial charge in [-0.05, 0) is 66.9 Å². The smallest absolute Gasteiger partial charge is 0.282 e. The fourth-order valence-corrected chi connectivity index (χ4v) is 3.83.